The number of hydrogen-bond donors (Lipinski definition) is 0. The second-order valence-corrected chi connectivity index (χ2v) is 18.0. The molecule has 13 aromatic rings. The van der Waals surface area contributed by atoms with E-state index in [-0.39, 0.29) is 5.41 Å². The molecule has 0 amide bonds. The van der Waals surface area contributed by atoms with Gasteiger partial charge in [-0.25, -0.2) is 15.0 Å². The molecule has 4 heterocycles. The molecule has 0 spiro atoms. The molecule has 66 heavy (non-hydrogen) atoms. The van der Waals surface area contributed by atoms with E-state index in [0.29, 0.717) is 17.5 Å². The minimum atomic E-state index is -0.186. The predicted molar refractivity (Wildman–Crippen MR) is 268 cm³/mol. The molecule has 0 saturated carbocycles. The lowest BCUT2D eigenvalue weighted by Gasteiger charge is -2.22. The first-order valence-corrected chi connectivity index (χ1v) is 22.4. The summed E-state index contributed by atoms with van der Waals surface area (Å²) in [7, 11) is 0. The molecular formula is C60H38N4O2. The minimum absolute atomic E-state index is 0.186. The molecule has 0 atom stereocenters. The van der Waals surface area contributed by atoms with Crippen LogP contribution in [0, 0.1) is 0 Å². The Morgan fingerprint density at radius 3 is 1.76 bits per heavy atom. The summed E-state index contributed by atoms with van der Waals surface area (Å²) in [5.41, 5.74) is 16.9. The van der Waals surface area contributed by atoms with Gasteiger partial charge in [-0.1, -0.05) is 129 Å². The van der Waals surface area contributed by atoms with Gasteiger partial charge in [-0.15, -0.1) is 0 Å². The molecule has 6 nitrogen and oxygen atoms in total. The summed E-state index contributed by atoms with van der Waals surface area (Å²) in [5.74, 6) is 1.76. The number of rotatable bonds is 5. The summed E-state index contributed by atoms with van der Waals surface area (Å²) < 4.78 is 15.1. The Hall–Kier alpha value is -8.61. The molecule has 0 aliphatic heterocycles. The average Bonchev–Trinajstić information content (AvgIpc) is 4.09. The third-order valence-electron chi connectivity index (χ3n) is 13.9. The second-order valence-electron chi connectivity index (χ2n) is 18.0. The number of aromatic nitrogens is 4. The lowest BCUT2D eigenvalue weighted by Crippen LogP contribution is -2.15. The van der Waals surface area contributed by atoms with Crippen LogP contribution in [0.1, 0.15) is 25.0 Å². The summed E-state index contributed by atoms with van der Waals surface area (Å²) in [4.78, 5) is 15.2. The fraction of sp³-hybridized carbons (Fsp3) is 0.0500. The van der Waals surface area contributed by atoms with Gasteiger partial charge in [-0.2, -0.15) is 0 Å². The molecule has 1 aliphatic carbocycles. The number of fused-ring (bicyclic) bond motifs is 12. The molecule has 0 radical (unpaired) electrons. The van der Waals surface area contributed by atoms with Crippen molar-refractivity contribution in [2.45, 2.75) is 19.3 Å². The maximum atomic E-state index is 6.44. The first-order chi connectivity index (χ1) is 32.4. The minimum Gasteiger partial charge on any atom is -0.456 e. The summed E-state index contributed by atoms with van der Waals surface area (Å²) in [6.45, 7) is 4.67. The van der Waals surface area contributed by atoms with Gasteiger partial charge in [0.15, 0.2) is 17.5 Å². The van der Waals surface area contributed by atoms with Gasteiger partial charge in [0.2, 0.25) is 0 Å². The summed E-state index contributed by atoms with van der Waals surface area (Å²) in [5, 5.41) is 6.83. The monoisotopic (exact) mass is 846 g/mol. The van der Waals surface area contributed by atoms with Gasteiger partial charge in [0.25, 0.3) is 0 Å². The highest BCUT2D eigenvalue weighted by Crippen LogP contribution is 2.52. The van der Waals surface area contributed by atoms with E-state index in [1.165, 1.54) is 49.5 Å². The number of hydrogen-bond acceptors (Lipinski definition) is 5. The Kier molecular flexibility index (Phi) is 7.64. The van der Waals surface area contributed by atoms with Crippen molar-refractivity contribution in [2.75, 3.05) is 0 Å². The topological polar surface area (TPSA) is 69.9 Å². The quantitative estimate of drug-likeness (QED) is 0.173. The zero-order valence-electron chi connectivity index (χ0n) is 36.1. The van der Waals surface area contributed by atoms with Crippen molar-refractivity contribution in [3.05, 3.63) is 205 Å². The number of benzene rings is 9. The molecule has 0 fully saturated rings. The van der Waals surface area contributed by atoms with E-state index in [4.69, 9.17) is 23.8 Å². The van der Waals surface area contributed by atoms with Crippen LogP contribution in [0.15, 0.2) is 203 Å². The zero-order chi connectivity index (χ0) is 43.7. The Bertz CT molecular complexity index is 4140. The van der Waals surface area contributed by atoms with E-state index < -0.39 is 0 Å². The van der Waals surface area contributed by atoms with E-state index in [2.05, 4.69) is 146 Å². The molecule has 1 aliphatic rings. The number of furan rings is 2. The molecule has 14 rings (SSSR count). The molecule has 0 bridgehead atoms. The van der Waals surface area contributed by atoms with Crippen LogP contribution in [0.25, 0.3) is 128 Å². The van der Waals surface area contributed by atoms with Crippen LogP contribution in [-0.4, -0.2) is 19.5 Å². The first-order valence-electron chi connectivity index (χ1n) is 22.4. The fourth-order valence-electron chi connectivity index (χ4n) is 10.6. The maximum absolute atomic E-state index is 6.44. The van der Waals surface area contributed by atoms with Gasteiger partial charge >= 0.3 is 0 Å². The van der Waals surface area contributed by atoms with Crippen molar-refractivity contribution in [3.8, 4) is 62.1 Å². The van der Waals surface area contributed by atoms with Crippen molar-refractivity contribution in [1.29, 1.82) is 0 Å². The van der Waals surface area contributed by atoms with Crippen LogP contribution in [0.5, 0.6) is 0 Å². The lowest BCUT2D eigenvalue weighted by molar-refractivity contribution is 0.647. The Morgan fingerprint density at radius 1 is 0.364 bits per heavy atom. The molecule has 4 aromatic heterocycles. The summed E-state index contributed by atoms with van der Waals surface area (Å²) >= 11 is 0. The van der Waals surface area contributed by atoms with Crippen LogP contribution < -0.4 is 0 Å². The summed E-state index contributed by atoms with van der Waals surface area (Å²) in [6, 6.07) is 68.4. The number of nitrogens with zero attached hydrogens (tertiary/aromatic N) is 4. The van der Waals surface area contributed by atoms with Crippen molar-refractivity contribution in [2.24, 2.45) is 0 Å². The van der Waals surface area contributed by atoms with E-state index in [1.807, 2.05) is 66.7 Å². The molecule has 310 valence electrons. The Morgan fingerprint density at radius 2 is 0.955 bits per heavy atom. The zero-order valence-corrected chi connectivity index (χ0v) is 36.1. The van der Waals surface area contributed by atoms with Gasteiger partial charge < -0.3 is 13.4 Å². The van der Waals surface area contributed by atoms with Crippen LogP contribution >= 0.6 is 0 Å². The molecule has 0 unspecified atom stereocenters. The van der Waals surface area contributed by atoms with Crippen molar-refractivity contribution in [3.63, 3.8) is 0 Å². The second kappa shape index (κ2) is 13.7. The van der Waals surface area contributed by atoms with Gasteiger partial charge in [0.1, 0.15) is 22.3 Å². The standard InChI is InChI=1S/C60H38N4O2/c1-60(2)49-32-38(25-29-40(49)46-33-48-43-17-8-10-21-53(43)65-55(48)34-50(46)60)37-26-30-52-47(31-37)41-15-6-9-20-51(41)64(52)39-27-23-36(24-28-39)58-61-57(35-13-4-3-5-14-35)62-59(63-58)45-19-12-18-44-42-16-7-11-22-54(42)66-56(44)45/h3-34H,1-2H3. The van der Waals surface area contributed by atoms with Gasteiger partial charge in [0, 0.05) is 54.5 Å². The third-order valence-corrected chi connectivity index (χ3v) is 13.9. The molecule has 0 saturated heterocycles. The molecule has 6 heteroatoms. The SMILES string of the molecule is CC1(C)c2cc(-c3ccc4c(c3)c3ccccc3n4-c3ccc(-c4nc(-c5ccccc5)nc(-c5cccc6c5oc5ccccc56)n4)cc3)ccc2-c2cc3c(cc21)oc1ccccc13. The predicted octanol–water partition coefficient (Wildman–Crippen LogP) is 15.7. The van der Waals surface area contributed by atoms with Crippen LogP contribution in [0.2, 0.25) is 0 Å². The van der Waals surface area contributed by atoms with E-state index in [9.17, 15) is 0 Å². The smallest absolute Gasteiger partial charge is 0.167 e. The first kappa shape index (κ1) is 36.8. The van der Waals surface area contributed by atoms with Crippen molar-refractivity contribution in [1.82, 2.24) is 19.5 Å². The maximum Gasteiger partial charge on any atom is 0.167 e. The van der Waals surface area contributed by atoms with Crippen LogP contribution in [0.3, 0.4) is 0 Å². The Labute approximate surface area is 379 Å². The lowest BCUT2D eigenvalue weighted by atomic mass is 9.81. The highest BCUT2D eigenvalue weighted by atomic mass is 16.3. The summed E-state index contributed by atoms with van der Waals surface area (Å²) in [6.07, 6.45) is 0. The van der Waals surface area contributed by atoms with E-state index in [0.717, 1.165) is 71.9 Å². The number of para-hydroxylation sites is 4. The van der Waals surface area contributed by atoms with E-state index >= 15 is 0 Å². The third kappa shape index (κ3) is 5.39. The largest absolute Gasteiger partial charge is 0.456 e. The van der Waals surface area contributed by atoms with Gasteiger partial charge in [0.05, 0.1) is 16.6 Å². The molecular weight excluding hydrogens is 809 g/mol. The van der Waals surface area contributed by atoms with Gasteiger partial charge in [-0.3, -0.25) is 0 Å². The average molecular weight is 847 g/mol. The van der Waals surface area contributed by atoms with Crippen LogP contribution in [-0.2, 0) is 5.41 Å². The molecule has 0 N–H and O–H groups in total. The fourth-order valence-corrected chi connectivity index (χ4v) is 10.6. The highest BCUT2D eigenvalue weighted by molar-refractivity contribution is 6.12. The molecule has 9 aromatic carbocycles. The normalized spacial score (nSPS) is 13.1. The van der Waals surface area contributed by atoms with Crippen molar-refractivity contribution < 1.29 is 8.83 Å². The van der Waals surface area contributed by atoms with Crippen LogP contribution in [0.4, 0.5) is 0 Å². The highest BCUT2D eigenvalue weighted by Gasteiger charge is 2.36. The Balaban J connectivity index is 0.853. The van der Waals surface area contributed by atoms with E-state index in [1.54, 1.807) is 0 Å². The van der Waals surface area contributed by atoms with Crippen molar-refractivity contribution >= 4 is 65.7 Å². The van der Waals surface area contributed by atoms with Gasteiger partial charge in [-0.05, 0) is 112 Å².